The zero-order chi connectivity index (χ0) is 15.3. The Labute approximate surface area is 132 Å². The fourth-order valence-electron chi connectivity index (χ4n) is 2.92. The molecule has 2 nitrogen and oxygen atoms in total. The Hall–Kier alpha value is -1.88. The van der Waals surface area contributed by atoms with Gasteiger partial charge in [-0.15, -0.1) is 22.7 Å². The molecule has 0 saturated carbocycles. The Bertz CT molecular complexity index is 807. The van der Waals surface area contributed by atoms with Crippen LogP contribution in [0.3, 0.4) is 0 Å². The van der Waals surface area contributed by atoms with Crippen molar-refractivity contribution in [3.05, 3.63) is 41.8 Å². The highest BCUT2D eigenvalue weighted by Crippen LogP contribution is 2.45. The lowest BCUT2D eigenvalue weighted by molar-refractivity contribution is 1.27. The second kappa shape index (κ2) is 4.84. The number of hydrogen-bond acceptors (Lipinski definition) is 4. The number of allylic oxidation sites excluding steroid dienone is 2. The molecule has 0 fully saturated rings. The van der Waals surface area contributed by atoms with E-state index in [4.69, 9.17) is 0 Å². The molecule has 2 heterocycles. The maximum atomic E-state index is 9.67. The van der Waals surface area contributed by atoms with Crippen LogP contribution >= 0.6 is 22.7 Å². The molecule has 1 aliphatic carbocycles. The van der Waals surface area contributed by atoms with Gasteiger partial charge in [0.1, 0.15) is 12.1 Å². The summed E-state index contributed by atoms with van der Waals surface area (Å²) in [5.74, 6) is 0. The SMILES string of the molecule is Cc1sc2c(c1C)C(C#N)=C(C#N)c1c(sc(C)c1C)C2. The predicted octanol–water partition coefficient (Wildman–Crippen LogP) is 4.91. The van der Waals surface area contributed by atoms with Crippen LogP contribution < -0.4 is 0 Å². The molecule has 0 radical (unpaired) electrons. The van der Waals surface area contributed by atoms with Gasteiger partial charge in [-0.3, -0.25) is 0 Å². The van der Waals surface area contributed by atoms with Crippen molar-refractivity contribution in [3.63, 3.8) is 0 Å². The van der Waals surface area contributed by atoms with Gasteiger partial charge < -0.3 is 0 Å². The van der Waals surface area contributed by atoms with Gasteiger partial charge in [0.2, 0.25) is 0 Å². The summed E-state index contributed by atoms with van der Waals surface area (Å²) in [6.07, 6.45) is 0.833. The number of nitrogens with zero attached hydrogens (tertiary/aromatic N) is 2. The van der Waals surface area contributed by atoms with Gasteiger partial charge in [-0.2, -0.15) is 10.5 Å². The maximum Gasteiger partial charge on any atom is 0.101 e. The second-order valence-electron chi connectivity index (χ2n) is 5.31. The van der Waals surface area contributed by atoms with Gasteiger partial charge in [-0.05, 0) is 38.8 Å². The van der Waals surface area contributed by atoms with E-state index in [-0.39, 0.29) is 0 Å². The van der Waals surface area contributed by atoms with Gasteiger partial charge in [0.05, 0.1) is 11.1 Å². The van der Waals surface area contributed by atoms with E-state index in [9.17, 15) is 10.5 Å². The zero-order valence-electron chi connectivity index (χ0n) is 12.4. The van der Waals surface area contributed by atoms with E-state index < -0.39 is 0 Å². The Morgan fingerprint density at radius 2 is 1.14 bits per heavy atom. The van der Waals surface area contributed by atoms with Gasteiger partial charge in [-0.1, -0.05) is 0 Å². The van der Waals surface area contributed by atoms with Crippen molar-refractivity contribution in [2.75, 3.05) is 0 Å². The molecular weight excluding hydrogens is 296 g/mol. The van der Waals surface area contributed by atoms with E-state index >= 15 is 0 Å². The fourth-order valence-corrected chi connectivity index (χ4v) is 5.41. The number of fused-ring (bicyclic) bond motifs is 2. The molecule has 2 aromatic rings. The number of hydrogen-bond donors (Lipinski definition) is 0. The molecule has 21 heavy (non-hydrogen) atoms. The quantitative estimate of drug-likeness (QED) is 0.694. The van der Waals surface area contributed by atoms with Crippen LogP contribution in [0.5, 0.6) is 0 Å². The third-order valence-corrected chi connectivity index (χ3v) is 6.63. The highest BCUT2D eigenvalue weighted by atomic mass is 32.1. The van der Waals surface area contributed by atoms with Crippen molar-refractivity contribution >= 4 is 33.8 Å². The van der Waals surface area contributed by atoms with Crippen LogP contribution in [0.25, 0.3) is 11.1 Å². The van der Waals surface area contributed by atoms with E-state index in [1.54, 1.807) is 22.7 Å². The van der Waals surface area contributed by atoms with Crippen molar-refractivity contribution in [2.45, 2.75) is 34.1 Å². The van der Waals surface area contributed by atoms with E-state index in [0.29, 0.717) is 11.1 Å². The Morgan fingerprint density at radius 1 is 0.762 bits per heavy atom. The van der Waals surface area contributed by atoms with Crippen molar-refractivity contribution in [3.8, 4) is 12.1 Å². The van der Waals surface area contributed by atoms with Crippen molar-refractivity contribution in [1.82, 2.24) is 0 Å². The highest BCUT2D eigenvalue weighted by molar-refractivity contribution is 7.14. The average molecular weight is 310 g/mol. The molecule has 104 valence electrons. The molecule has 0 amide bonds. The number of thiophene rings is 2. The zero-order valence-corrected chi connectivity index (χ0v) is 14.1. The molecule has 2 aromatic heterocycles. The second-order valence-corrected chi connectivity index (χ2v) is 7.93. The monoisotopic (exact) mass is 310 g/mol. The van der Waals surface area contributed by atoms with Gasteiger partial charge in [0, 0.05) is 37.1 Å². The van der Waals surface area contributed by atoms with Crippen LogP contribution in [0.2, 0.25) is 0 Å². The summed E-state index contributed by atoms with van der Waals surface area (Å²) in [4.78, 5) is 4.90. The molecule has 4 heteroatoms. The minimum Gasteiger partial charge on any atom is -0.192 e. The Kier molecular flexibility index (Phi) is 3.24. The molecule has 3 rings (SSSR count). The first-order chi connectivity index (χ1) is 9.99. The molecule has 0 spiro atoms. The number of nitriles is 2. The molecule has 0 atom stereocenters. The number of aryl methyl sites for hydroxylation is 2. The van der Waals surface area contributed by atoms with Crippen LogP contribution in [0.4, 0.5) is 0 Å². The van der Waals surface area contributed by atoms with E-state index in [1.165, 1.54) is 19.5 Å². The van der Waals surface area contributed by atoms with Gasteiger partial charge in [0.15, 0.2) is 0 Å². The first-order valence-electron chi connectivity index (χ1n) is 6.72. The Morgan fingerprint density at radius 3 is 1.48 bits per heavy atom. The molecule has 0 aromatic carbocycles. The van der Waals surface area contributed by atoms with Crippen LogP contribution in [0, 0.1) is 50.4 Å². The van der Waals surface area contributed by atoms with Gasteiger partial charge in [-0.25, -0.2) is 0 Å². The smallest absolute Gasteiger partial charge is 0.101 e. The first-order valence-corrected chi connectivity index (χ1v) is 8.35. The van der Waals surface area contributed by atoms with Gasteiger partial charge >= 0.3 is 0 Å². The third kappa shape index (κ3) is 1.87. The number of rotatable bonds is 0. The lowest BCUT2D eigenvalue weighted by Crippen LogP contribution is -1.91. The summed E-state index contributed by atoms with van der Waals surface area (Å²) in [5, 5.41) is 19.3. The summed E-state index contributed by atoms with van der Waals surface area (Å²) in [7, 11) is 0. The summed E-state index contributed by atoms with van der Waals surface area (Å²) in [6.45, 7) is 8.27. The third-order valence-electron chi connectivity index (χ3n) is 4.21. The average Bonchev–Trinajstić information content (AvgIpc) is 2.82. The van der Waals surface area contributed by atoms with Crippen molar-refractivity contribution < 1.29 is 0 Å². The van der Waals surface area contributed by atoms with Crippen molar-refractivity contribution in [2.24, 2.45) is 0 Å². The Balaban J connectivity index is 2.47. The van der Waals surface area contributed by atoms with Crippen LogP contribution in [0.1, 0.15) is 41.8 Å². The standard InChI is InChI=1S/C17H14N2S2/c1-8-10(3)20-14-5-15-17(9(2)11(4)21-15)13(7-19)12(6-18)16(8)14/h5H2,1-4H3. The molecular formula is C17H14N2S2. The largest absolute Gasteiger partial charge is 0.192 e. The summed E-state index contributed by atoms with van der Waals surface area (Å²) >= 11 is 3.50. The lowest BCUT2D eigenvalue weighted by Gasteiger charge is -2.04. The fraction of sp³-hybridized carbons (Fsp3) is 0.294. The maximum absolute atomic E-state index is 9.67. The minimum absolute atomic E-state index is 0.550. The summed E-state index contributed by atoms with van der Waals surface area (Å²) in [6, 6.07) is 4.60. The molecule has 0 saturated heterocycles. The first kappa shape index (κ1) is 14.1. The molecule has 0 unspecified atom stereocenters. The van der Waals surface area contributed by atoms with E-state index in [2.05, 4.69) is 39.8 Å². The van der Waals surface area contributed by atoms with E-state index in [0.717, 1.165) is 28.7 Å². The summed E-state index contributed by atoms with van der Waals surface area (Å²) < 4.78 is 0. The molecule has 0 N–H and O–H groups in total. The van der Waals surface area contributed by atoms with Crippen molar-refractivity contribution in [1.29, 1.82) is 10.5 Å². The van der Waals surface area contributed by atoms with Crippen LogP contribution in [0.15, 0.2) is 0 Å². The van der Waals surface area contributed by atoms with Gasteiger partial charge in [0.25, 0.3) is 0 Å². The molecule has 0 bridgehead atoms. The summed E-state index contributed by atoms with van der Waals surface area (Å²) in [5.41, 5.74) is 5.38. The van der Waals surface area contributed by atoms with E-state index in [1.807, 2.05) is 0 Å². The minimum atomic E-state index is 0.550. The predicted molar refractivity (Wildman–Crippen MR) is 88.4 cm³/mol. The van der Waals surface area contributed by atoms with Crippen LogP contribution in [-0.4, -0.2) is 0 Å². The molecule has 0 aliphatic heterocycles. The lowest BCUT2D eigenvalue weighted by atomic mass is 9.95. The van der Waals surface area contributed by atoms with Crippen LogP contribution in [-0.2, 0) is 6.42 Å². The normalized spacial score (nSPS) is 13.2. The highest BCUT2D eigenvalue weighted by Gasteiger charge is 2.28. The topological polar surface area (TPSA) is 47.6 Å². The molecule has 1 aliphatic rings.